The van der Waals surface area contributed by atoms with E-state index in [1.165, 1.54) is 12.8 Å². The molecule has 0 amide bonds. The predicted octanol–water partition coefficient (Wildman–Crippen LogP) is 2.43. The second kappa shape index (κ2) is 5.99. The van der Waals surface area contributed by atoms with Crippen LogP contribution in [0.1, 0.15) is 58.2 Å². The average Bonchev–Trinajstić information content (AvgIpc) is 2.65. The van der Waals surface area contributed by atoms with Crippen molar-refractivity contribution in [2.45, 2.75) is 58.3 Å². The Hall–Kier alpha value is -0.900. The van der Waals surface area contributed by atoms with Gasteiger partial charge in [0.05, 0.1) is 0 Å². The van der Waals surface area contributed by atoms with Gasteiger partial charge in [0.15, 0.2) is 5.82 Å². The van der Waals surface area contributed by atoms with Crippen LogP contribution in [-0.2, 0) is 11.8 Å². The predicted molar refractivity (Wildman–Crippen MR) is 64.2 cm³/mol. The van der Waals surface area contributed by atoms with E-state index in [4.69, 9.17) is 10.3 Å². The highest BCUT2D eigenvalue weighted by Gasteiger charge is 2.20. The first-order valence-electron chi connectivity index (χ1n) is 6.07. The Morgan fingerprint density at radius 1 is 1.12 bits per heavy atom. The molecule has 0 aliphatic rings. The van der Waals surface area contributed by atoms with Crippen LogP contribution in [0.4, 0.5) is 0 Å². The van der Waals surface area contributed by atoms with Crippen LogP contribution in [0, 0.1) is 0 Å². The molecule has 0 saturated heterocycles. The number of nitrogens with zero attached hydrogens (tertiary/aromatic N) is 2. The normalized spacial score (nSPS) is 12.0. The Kier molecular flexibility index (Phi) is 4.93. The number of hydrogen-bond acceptors (Lipinski definition) is 4. The van der Waals surface area contributed by atoms with Crippen molar-refractivity contribution in [1.82, 2.24) is 10.1 Å². The summed E-state index contributed by atoms with van der Waals surface area (Å²) < 4.78 is 5.21. The van der Waals surface area contributed by atoms with Gasteiger partial charge in [0.2, 0.25) is 5.89 Å². The fraction of sp³-hybridized carbons (Fsp3) is 0.833. The number of unbranched alkanes of at least 4 members (excludes halogenated alkanes) is 3. The number of hydrogen-bond donors (Lipinski definition) is 1. The van der Waals surface area contributed by atoms with Crippen molar-refractivity contribution in [3.63, 3.8) is 0 Å². The molecule has 1 rings (SSSR count). The standard InChI is InChI=1S/C12H23N3O/c1-12(2,3)11-14-10(16-15-11)8-6-4-5-7-9-13/h4-9,13H2,1-3H3. The molecule has 1 aromatic heterocycles. The Labute approximate surface area is 97.6 Å². The molecule has 16 heavy (non-hydrogen) atoms. The van der Waals surface area contributed by atoms with Crippen molar-refractivity contribution in [2.24, 2.45) is 5.73 Å². The molecule has 4 nitrogen and oxygen atoms in total. The van der Waals surface area contributed by atoms with Gasteiger partial charge in [0.1, 0.15) is 0 Å². The summed E-state index contributed by atoms with van der Waals surface area (Å²) in [6.45, 7) is 7.05. The number of aryl methyl sites for hydroxylation is 1. The maximum atomic E-state index is 5.43. The van der Waals surface area contributed by atoms with Gasteiger partial charge in [0.25, 0.3) is 0 Å². The van der Waals surface area contributed by atoms with E-state index >= 15 is 0 Å². The minimum absolute atomic E-state index is 0.0265. The number of rotatable bonds is 6. The molecule has 0 aliphatic heterocycles. The van der Waals surface area contributed by atoms with Crippen molar-refractivity contribution < 1.29 is 4.52 Å². The first kappa shape index (κ1) is 13.2. The van der Waals surface area contributed by atoms with Crippen LogP contribution < -0.4 is 5.73 Å². The second-order valence-electron chi connectivity index (χ2n) is 5.21. The lowest BCUT2D eigenvalue weighted by atomic mass is 9.96. The summed E-state index contributed by atoms with van der Waals surface area (Å²) in [6.07, 6.45) is 5.47. The topological polar surface area (TPSA) is 64.9 Å². The summed E-state index contributed by atoms with van der Waals surface area (Å²) in [5.41, 5.74) is 5.41. The fourth-order valence-corrected chi connectivity index (χ4v) is 1.44. The lowest BCUT2D eigenvalue weighted by Gasteiger charge is -2.10. The quantitative estimate of drug-likeness (QED) is 0.755. The molecule has 0 spiro atoms. The summed E-state index contributed by atoms with van der Waals surface area (Å²) in [4.78, 5) is 4.40. The molecule has 0 bridgehead atoms. The van der Waals surface area contributed by atoms with Crippen molar-refractivity contribution in [3.05, 3.63) is 11.7 Å². The van der Waals surface area contributed by atoms with Crippen LogP contribution in [0.5, 0.6) is 0 Å². The van der Waals surface area contributed by atoms with Gasteiger partial charge in [-0.25, -0.2) is 0 Å². The van der Waals surface area contributed by atoms with Gasteiger partial charge in [-0.2, -0.15) is 4.98 Å². The Morgan fingerprint density at radius 3 is 2.38 bits per heavy atom. The van der Waals surface area contributed by atoms with Crippen molar-refractivity contribution >= 4 is 0 Å². The van der Waals surface area contributed by atoms with E-state index in [0.717, 1.165) is 37.5 Å². The molecule has 1 heterocycles. The molecule has 0 aromatic carbocycles. The average molecular weight is 225 g/mol. The first-order valence-corrected chi connectivity index (χ1v) is 6.07. The number of nitrogens with two attached hydrogens (primary N) is 1. The van der Waals surface area contributed by atoms with Crippen LogP contribution >= 0.6 is 0 Å². The van der Waals surface area contributed by atoms with Crippen LogP contribution in [0.2, 0.25) is 0 Å². The molecule has 0 unspecified atom stereocenters. The van der Waals surface area contributed by atoms with E-state index in [9.17, 15) is 0 Å². The zero-order valence-electron chi connectivity index (χ0n) is 10.6. The molecule has 4 heteroatoms. The monoisotopic (exact) mass is 225 g/mol. The molecular formula is C12H23N3O. The van der Waals surface area contributed by atoms with E-state index in [1.807, 2.05) is 0 Å². The van der Waals surface area contributed by atoms with Gasteiger partial charge in [-0.15, -0.1) is 0 Å². The highest BCUT2D eigenvalue weighted by atomic mass is 16.5. The second-order valence-corrected chi connectivity index (χ2v) is 5.21. The molecule has 0 aliphatic carbocycles. The number of aromatic nitrogens is 2. The highest BCUT2D eigenvalue weighted by Crippen LogP contribution is 2.19. The van der Waals surface area contributed by atoms with Crippen molar-refractivity contribution in [3.8, 4) is 0 Å². The fourth-order valence-electron chi connectivity index (χ4n) is 1.44. The van der Waals surface area contributed by atoms with E-state index in [-0.39, 0.29) is 5.41 Å². The third-order valence-corrected chi connectivity index (χ3v) is 2.48. The van der Waals surface area contributed by atoms with Crippen LogP contribution in [0.15, 0.2) is 4.52 Å². The summed E-state index contributed by atoms with van der Waals surface area (Å²) in [5, 5.41) is 4.00. The molecule has 92 valence electrons. The maximum absolute atomic E-state index is 5.43. The van der Waals surface area contributed by atoms with Crippen LogP contribution in [0.25, 0.3) is 0 Å². The molecular weight excluding hydrogens is 202 g/mol. The summed E-state index contributed by atoms with van der Waals surface area (Å²) in [5.74, 6) is 1.56. The summed E-state index contributed by atoms with van der Waals surface area (Å²) in [6, 6.07) is 0. The maximum Gasteiger partial charge on any atom is 0.226 e. The largest absolute Gasteiger partial charge is 0.339 e. The van der Waals surface area contributed by atoms with Crippen LogP contribution in [-0.4, -0.2) is 16.7 Å². The minimum Gasteiger partial charge on any atom is -0.339 e. The molecule has 2 N–H and O–H groups in total. The zero-order chi connectivity index (χ0) is 12.0. The molecule has 0 radical (unpaired) electrons. The van der Waals surface area contributed by atoms with Gasteiger partial charge in [-0.3, -0.25) is 0 Å². The highest BCUT2D eigenvalue weighted by molar-refractivity contribution is 4.99. The van der Waals surface area contributed by atoms with Gasteiger partial charge in [-0.1, -0.05) is 38.8 Å². The SMILES string of the molecule is CC(C)(C)c1noc(CCCCCCN)n1. The van der Waals surface area contributed by atoms with Gasteiger partial charge in [0, 0.05) is 11.8 Å². The van der Waals surface area contributed by atoms with E-state index in [2.05, 4.69) is 30.9 Å². The molecule has 0 atom stereocenters. The Balaban J connectivity index is 2.30. The molecule has 0 fully saturated rings. The molecule has 0 saturated carbocycles. The van der Waals surface area contributed by atoms with Gasteiger partial charge in [-0.05, 0) is 19.4 Å². The van der Waals surface area contributed by atoms with Gasteiger partial charge < -0.3 is 10.3 Å². The third kappa shape index (κ3) is 4.31. The lowest BCUT2D eigenvalue weighted by Crippen LogP contribution is -2.13. The third-order valence-electron chi connectivity index (χ3n) is 2.48. The lowest BCUT2D eigenvalue weighted by molar-refractivity contribution is 0.359. The van der Waals surface area contributed by atoms with Crippen LogP contribution in [0.3, 0.4) is 0 Å². The summed E-state index contributed by atoms with van der Waals surface area (Å²) in [7, 11) is 0. The smallest absolute Gasteiger partial charge is 0.226 e. The van der Waals surface area contributed by atoms with Crippen molar-refractivity contribution in [2.75, 3.05) is 6.54 Å². The zero-order valence-corrected chi connectivity index (χ0v) is 10.6. The van der Waals surface area contributed by atoms with E-state index < -0.39 is 0 Å². The van der Waals surface area contributed by atoms with Gasteiger partial charge >= 0.3 is 0 Å². The Morgan fingerprint density at radius 2 is 1.81 bits per heavy atom. The van der Waals surface area contributed by atoms with E-state index in [1.54, 1.807) is 0 Å². The first-order chi connectivity index (χ1) is 7.54. The van der Waals surface area contributed by atoms with Crippen molar-refractivity contribution in [1.29, 1.82) is 0 Å². The summed E-state index contributed by atoms with van der Waals surface area (Å²) >= 11 is 0. The molecule has 1 aromatic rings. The Bertz CT molecular complexity index is 301. The van der Waals surface area contributed by atoms with E-state index in [0.29, 0.717) is 0 Å². The minimum atomic E-state index is -0.0265.